The number of nitrogens with one attached hydrogen (secondary N) is 1. The Hall–Kier alpha value is -3.22. The molecular formula is C24H31N5O2. The molecule has 1 N–H and O–H groups in total. The van der Waals surface area contributed by atoms with E-state index in [1.165, 1.54) is 11.1 Å². The maximum absolute atomic E-state index is 5.44. The molecule has 7 nitrogen and oxygen atoms in total. The lowest BCUT2D eigenvalue weighted by Crippen LogP contribution is -2.40. The molecule has 0 saturated carbocycles. The van der Waals surface area contributed by atoms with E-state index in [2.05, 4.69) is 57.0 Å². The summed E-state index contributed by atoms with van der Waals surface area (Å²) in [7, 11) is 5.23. The molecule has 7 heteroatoms. The third-order valence-corrected chi connectivity index (χ3v) is 5.94. The van der Waals surface area contributed by atoms with Gasteiger partial charge in [0.1, 0.15) is 17.1 Å². The number of ether oxygens (including phenoxy) is 2. The molecule has 4 rings (SSSR count). The van der Waals surface area contributed by atoms with E-state index in [9.17, 15) is 0 Å². The predicted octanol–water partition coefficient (Wildman–Crippen LogP) is 3.27. The Labute approximate surface area is 183 Å². The second-order valence-corrected chi connectivity index (χ2v) is 7.96. The van der Waals surface area contributed by atoms with Gasteiger partial charge < -0.3 is 24.1 Å². The van der Waals surface area contributed by atoms with Crippen molar-refractivity contribution in [1.29, 1.82) is 0 Å². The number of aryl methyl sites for hydroxylation is 1. The number of hydrogen-bond donors (Lipinski definition) is 1. The number of aromatic nitrogens is 2. The van der Waals surface area contributed by atoms with E-state index in [1.807, 2.05) is 19.3 Å². The predicted molar refractivity (Wildman–Crippen MR) is 123 cm³/mol. The number of aliphatic imine (C=N–C) groups is 1. The van der Waals surface area contributed by atoms with Crippen molar-refractivity contribution in [3.8, 4) is 11.5 Å². The number of pyridine rings is 1. The smallest absolute Gasteiger partial charge is 0.193 e. The van der Waals surface area contributed by atoms with Crippen molar-refractivity contribution in [3.63, 3.8) is 0 Å². The van der Waals surface area contributed by atoms with Gasteiger partial charge in [0, 0.05) is 57.5 Å². The van der Waals surface area contributed by atoms with Crippen LogP contribution in [0.1, 0.15) is 29.2 Å². The van der Waals surface area contributed by atoms with Crippen LogP contribution in [0.2, 0.25) is 0 Å². The van der Waals surface area contributed by atoms with Crippen LogP contribution >= 0.6 is 0 Å². The number of fused-ring (bicyclic) bond motifs is 1. The molecule has 1 aliphatic rings. The molecule has 31 heavy (non-hydrogen) atoms. The molecule has 3 heterocycles. The minimum absolute atomic E-state index is 0.420. The molecule has 1 unspecified atom stereocenters. The van der Waals surface area contributed by atoms with Gasteiger partial charge in [-0.25, -0.2) is 4.98 Å². The molecule has 1 fully saturated rings. The quantitative estimate of drug-likeness (QED) is 0.489. The Morgan fingerprint density at radius 3 is 2.68 bits per heavy atom. The highest BCUT2D eigenvalue weighted by Gasteiger charge is 2.26. The summed E-state index contributed by atoms with van der Waals surface area (Å²) in [5.41, 5.74) is 4.54. The molecule has 0 bridgehead atoms. The van der Waals surface area contributed by atoms with Gasteiger partial charge in [-0.05, 0) is 42.7 Å². The molecule has 0 radical (unpaired) electrons. The first-order chi connectivity index (χ1) is 15.1. The third-order valence-electron chi connectivity index (χ3n) is 5.94. The van der Waals surface area contributed by atoms with Crippen LogP contribution in [0.4, 0.5) is 0 Å². The van der Waals surface area contributed by atoms with Crippen molar-refractivity contribution in [2.75, 3.05) is 40.9 Å². The van der Waals surface area contributed by atoms with Crippen LogP contribution in [0, 0.1) is 6.92 Å². The Morgan fingerprint density at radius 1 is 1.23 bits per heavy atom. The molecule has 0 amide bonds. The van der Waals surface area contributed by atoms with Crippen molar-refractivity contribution in [1.82, 2.24) is 19.6 Å². The minimum Gasteiger partial charge on any atom is -0.497 e. The first kappa shape index (κ1) is 21.0. The summed E-state index contributed by atoms with van der Waals surface area (Å²) in [6.07, 6.45) is 6.07. The molecule has 1 atom stereocenters. The summed E-state index contributed by atoms with van der Waals surface area (Å²) in [5.74, 6) is 3.03. The van der Waals surface area contributed by atoms with Crippen molar-refractivity contribution in [3.05, 3.63) is 59.5 Å². The topological polar surface area (TPSA) is 63.4 Å². The second kappa shape index (κ2) is 9.29. The zero-order valence-electron chi connectivity index (χ0n) is 18.8. The van der Waals surface area contributed by atoms with Gasteiger partial charge in [-0.1, -0.05) is 6.07 Å². The SMILES string of the molecule is CN=C(NCCc1cn2cccc(C)c2n1)N1CCC(c2cc(OC)cc(OC)c2)C1. The maximum atomic E-state index is 5.44. The number of rotatable bonds is 6. The van der Waals surface area contributed by atoms with E-state index in [0.717, 1.165) is 61.3 Å². The Balaban J connectivity index is 1.36. The first-order valence-corrected chi connectivity index (χ1v) is 10.7. The second-order valence-electron chi connectivity index (χ2n) is 7.96. The lowest BCUT2D eigenvalue weighted by atomic mass is 9.98. The lowest BCUT2D eigenvalue weighted by Gasteiger charge is -2.22. The molecule has 1 aliphatic heterocycles. The molecule has 1 aromatic carbocycles. The Morgan fingerprint density at radius 2 is 2.00 bits per heavy atom. The molecule has 1 saturated heterocycles. The van der Waals surface area contributed by atoms with Gasteiger partial charge in [0.2, 0.25) is 0 Å². The zero-order chi connectivity index (χ0) is 21.8. The van der Waals surface area contributed by atoms with Crippen molar-refractivity contribution >= 4 is 11.6 Å². The lowest BCUT2D eigenvalue weighted by molar-refractivity contribution is 0.392. The number of nitrogens with zero attached hydrogens (tertiary/aromatic N) is 4. The van der Waals surface area contributed by atoms with Crippen LogP contribution in [-0.4, -0.2) is 61.1 Å². The zero-order valence-corrected chi connectivity index (χ0v) is 18.8. The maximum Gasteiger partial charge on any atom is 0.193 e. The molecular weight excluding hydrogens is 390 g/mol. The van der Waals surface area contributed by atoms with Gasteiger partial charge in [-0.15, -0.1) is 0 Å². The van der Waals surface area contributed by atoms with Crippen molar-refractivity contribution in [2.45, 2.75) is 25.7 Å². The van der Waals surface area contributed by atoms with Gasteiger partial charge >= 0.3 is 0 Å². The van der Waals surface area contributed by atoms with Gasteiger partial charge in [-0.3, -0.25) is 4.99 Å². The monoisotopic (exact) mass is 421 g/mol. The van der Waals surface area contributed by atoms with Crippen LogP contribution < -0.4 is 14.8 Å². The average Bonchev–Trinajstić information content (AvgIpc) is 3.44. The van der Waals surface area contributed by atoms with E-state index in [-0.39, 0.29) is 0 Å². The summed E-state index contributed by atoms with van der Waals surface area (Å²) in [6.45, 7) is 4.78. The highest BCUT2D eigenvalue weighted by molar-refractivity contribution is 5.80. The molecule has 0 spiro atoms. The number of likely N-dealkylation sites (tertiary alicyclic amines) is 1. The largest absolute Gasteiger partial charge is 0.497 e. The molecule has 164 valence electrons. The molecule has 0 aliphatic carbocycles. The fourth-order valence-corrected chi connectivity index (χ4v) is 4.25. The Bertz CT molecular complexity index is 1050. The van der Waals surface area contributed by atoms with E-state index in [1.54, 1.807) is 14.2 Å². The van der Waals surface area contributed by atoms with Crippen LogP contribution in [-0.2, 0) is 6.42 Å². The standard InChI is InChI=1S/C24H31N5O2/c1-17-6-5-10-28-16-20(27-23(17)28)7-9-26-24(25-2)29-11-8-18(15-29)19-12-21(30-3)14-22(13-19)31-4/h5-6,10,12-14,16,18H,7-9,11,15H2,1-4H3,(H,25,26). The van der Waals surface area contributed by atoms with E-state index in [4.69, 9.17) is 14.5 Å². The summed E-state index contributed by atoms with van der Waals surface area (Å²) < 4.78 is 13.0. The highest BCUT2D eigenvalue weighted by atomic mass is 16.5. The summed E-state index contributed by atoms with van der Waals surface area (Å²) in [6, 6.07) is 10.3. The highest BCUT2D eigenvalue weighted by Crippen LogP contribution is 2.32. The van der Waals surface area contributed by atoms with Crippen molar-refractivity contribution in [2.24, 2.45) is 4.99 Å². The molecule has 2 aromatic heterocycles. The summed E-state index contributed by atoms with van der Waals surface area (Å²) in [5, 5.41) is 3.51. The minimum atomic E-state index is 0.420. The number of methoxy groups -OCH3 is 2. The van der Waals surface area contributed by atoms with Crippen LogP contribution in [0.15, 0.2) is 47.7 Å². The normalized spacial score (nSPS) is 16.7. The summed E-state index contributed by atoms with van der Waals surface area (Å²) >= 11 is 0. The van der Waals surface area contributed by atoms with E-state index in [0.29, 0.717) is 5.92 Å². The first-order valence-electron chi connectivity index (χ1n) is 10.7. The Kier molecular flexibility index (Phi) is 6.30. The number of hydrogen-bond acceptors (Lipinski definition) is 4. The summed E-state index contributed by atoms with van der Waals surface area (Å²) in [4.78, 5) is 11.6. The van der Waals surface area contributed by atoms with Crippen LogP contribution in [0.25, 0.3) is 5.65 Å². The van der Waals surface area contributed by atoms with Crippen LogP contribution in [0.3, 0.4) is 0 Å². The number of guanidine groups is 1. The fourth-order valence-electron chi connectivity index (χ4n) is 4.25. The van der Waals surface area contributed by atoms with Gasteiger partial charge in [0.05, 0.1) is 19.9 Å². The van der Waals surface area contributed by atoms with Gasteiger partial charge in [0.25, 0.3) is 0 Å². The van der Waals surface area contributed by atoms with Crippen molar-refractivity contribution < 1.29 is 9.47 Å². The van der Waals surface area contributed by atoms with Gasteiger partial charge in [-0.2, -0.15) is 0 Å². The molecule has 3 aromatic rings. The number of imidazole rings is 1. The van der Waals surface area contributed by atoms with E-state index < -0.39 is 0 Å². The van der Waals surface area contributed by atoms with E-state index >= 15 is 0 Å². The number of benzene rings is 1. The van der Waals surface area contributed by atoms with Gasteiger partial charge in [0.15, 0.2) is 5.96 Å². The fraction of sp³-hybridized carbons (Fsp3) is 0.417. The third kappa shape index (κ3) is 4.60. The van der Waals surface area contributed by atoms with Crippen LogP contribution in [0.5, 0.6) is 11.5 Å². The average molecular weight is 422 g/mol.